The van der Waals surface area contributed by atoms with Crippen LogP contribution in [0.1, 0.15) is 16.2 Å². The van der Waals surface area contributed by atoms with Gasteiger partial charge < -0.3 is 11.1 Å². The molecule has 2 aromatic heterocycles. The van der Waals surface area contributed by atoms with Crippen molar-refractivity contribution in [2.24, 2.45) is 0 Å². The first kappa shape index (κ1) is 11.3. The Hall–Kier alpha value is -2.15. The zero-order valence-electron chi connectivity index (χ0n) is 8.86. The molecule has 2 aromatic rings. The predicted molar refractivity (Wildman–Crippen MR) is 62.7 cm³/mol. The SMILES string of the molecule is Cc1[nH]nc(C(=O)Nc2ccnc(Cl)n2)c1N. The lowest BCUT2D eigenvalue weighted by Gasteiger charge is -2.02. The van der Waals surface area contributed by atoms with Crippen molar-refractivity contribution >= 4 is 29.0 Å². The van der Waals surface area contributed by atoms with Crippen LogP contribution in [-0.4, -0.2) is 26.1 Å². The third-order valence-corrected chi connectivity index (χ3v) is 2.26. The number of halogens is 1. The number of carbonyl (C=O) groups is 1. The average molecular weight is 253 g/mol. The van der Waals surface area contributed by atoms with Crippen LogP contribution >= 0.6 is 11.6 Å². The van der Waals surface area contributed by atoms with Crippen molar-refractivity contribution in [3.05, 3.63) is 28.9 Å². The summed E-state index contributed by atoms with van der Waals surface area (Å²) >= 11 is 5.59. The zero-order chi connectivity index (χ0) is 12.4. The highest BCUT2D eigenvalue weighted by Gasteiger charge is 2.15. The molecule has 0 aliphatic rings. The molecule has 0 saturated carbocycles. The number of hydrogen-bond acceptors (Lipinski definition) is 5. The van der Waals surface area contributed by atoms with Crippen molar-refractivity contribution in [2.75, 3.05) is 11.1 Å². The van der Waals surface area contributed by atoms with Gasteiger partial charge in [0.05, 0.1) is 11.4 Å². The fraction of sp³-hybridized carbons (Fsp3) is 0.111. The van der Waals surface area contributed by atoms with Crippen LogP contribution in [0.15, 0.2) is 12.3 Å². The summed E-state index contributed by atoms with van der Waals surface area (Å²) in [5, 5.41) is 8.98. The third kappa shape index (κ3) is 2.34. The van der Waals surface area contributed by atoms with E-state index >= 15 is 0 Å². The van der Waals surface area contributed by atoms with Gasteiger partial charge >= 0.3 is 0 Å². The number of anilines is 2. The summed E-state index contributed by atoms with van der Waals surface area (Å²) in [7, 11) is 0. The van der Waals surface area contributed by atoms with Gasteiger partial charge in [-0.15, -0.1) is 0 Å². The van der Waals surface area contributed by atoms with Gasteiger partial charge in [0.1, 0.15) is 5.82 Å². The van der Waals surface area contributed by atoms with Crippen LogP contribution in [0.5, 0.6) is 0 Å². The number of H-pyrrole nitrogens is 1. The molecule has 2 heterocycles. The normalized spacial score (nSPS) is 10.2. The molecule has 4 N–H and O–H groups in total. The Kier molecular flexibility index (Phi) is 2.92. The maximum Gasteiger partial charge on any atom is 0.279 e. The number of nitrogen functional groups attached to an aromatic ring is 1. The van der Waals surface area contributed by atoms with E-state index in [4.69, 9.17) is 17.3 Å². The average Bonchev–Trinajstić information content (AvgIpc) is 2.60. The highest BCUT2D eigenvalue weighted by atomic mass is 35.5. The van der Waals surface area contributed by atoms with Gasteiger partial charge in [-0.25, -0.2) is 9.97 Å². The lowest BCUT2D eigenvalue weighted by molar-refractivity contribution is 0.102. The first-order valence-electron chi connectivity index (χ1n) is 4.68. The molecule has 0 aliphatic heterocycles. The van der Waals surface area contributed by atoms with E-state index in [1.165, 1.54) is 12.3 Å². The standard InChI is InChI=1S/C9H9ClN6O/c1-4-6(11)7(16-15-4)8(17)13-5-2-3-12-9(10)14-5/h2-3H,11H2,1H3,(H,15,16)(H,12,13,14,17). The first-order valence-corrected chi connectivity index (χ1v) is 5.06. The van der Waals surface area contributed by atoms with Gasteiger partial charge in [0.15, 0.2) is 5.69 Å². The van der Waals surface area contributed by atoms with Crippen LogP contribution in [0.2, 0.25) is 5.28 Å². The molecule has 88 valence electrons. The Balaban J connectivity index is 2.20. The van der Waals surface area contributed by atoms with Crippen molar-refractivity contribution in [3.8, 4) is 0 Å². The van der Waals surface area contributed by atoms with Gasteiger partial charge in [0.25, 0.3) is 5.91 Å². The van der Waals surface area contributed by atoms with Crippen molar-refractivity contribution in [1.29, 1.82) is 0 Å². The molecule has 0 spiro atoms. The Morgan fingerprint density at radius 3 is 2.94 bits per heavy atom. The van der Waals surface area contributed by atoms with Gasteiger partial charge in [-0.2, -0.15) is 5.10 Å². The number of carbonyl (C=O) groups excluding carboxylic acids is 1. The molecule has 0 saturated heterocycles. The number of nitrogens with two attached hydrogens (primary N) is 1. The zero-order valence-corrected chi connectivity index (χ0v) is 9.62. The summed E-state index contributed by atoms with van der Waals surface area (Å²) in [6.07, 6.45) is 1.43. The maximum atomic E-state index is 11.8. The first-order chi connectivity index (χ1) is 8.08. The summed E-state index contributed by atoms with van der Waals surface area (Å²) in [5.74, 6) is -0.170. The predicted octanol–water partition coefficient (Wildman–Crippen LogP) is 0.996. The maximum absolute atomic E-state index is 11.8. The summed E-state index contributed by atoms with van der Waals surface area (Å²) < 4.78 is 0. The van der Waals surface area contributed by atoms with E-state index < -0.39 is 5.91 Å². The van der Waals surface area contributed by atoms with Crippen LogP contribution < -0.4 is 11.1 Å². The minimum atomic E-state index is -0.457. The molecule has 8 heteroatoms. The molecule has 17 heavy (non-hydrogen) atoms. The minimum absolute atomic E-state index is 0.0500. The van der Waals surface area contributed by atoms with Crippen LogP contribution in [0, 0.1) is 6.92 Å². The molecular formula is C9H9ClN6O. The van der Waals surface area contributed by atoms with Gasteiger partial charge in [-0.1, -0.05) is 0 Å². The second kappa shape index (κ2) is 4.38. The van der Waals surface area contributed by atoms with E-state index in [0.29, 0.717) is 11.4 Å². The highest BCUT2D eigenvalue weighted by Crippen LogP contribution is 2.14. The van der Waals surface area contributed by atoms with E-state index in [2.05, 4.69) is 25.5 Å². The molecule has 0 bridgehead atoms. The quantitative estimate of drug-likeness (QED) is 0.691. The Labute approximate surface area is 101 Å². The van der Waals surface area contributed by atoms with Gasteiger partial charge in [0, 0.05) is 6.20 Å². The molecule has 0 fully saturated rings. The second-order valence-electron chi connectivity index (χ2n) is 3.28. The number of amides is 1. The van der Waals surface area contributed by atoms with E-state index in [0.717, 1.165) is 0 Å². The summed E-state index contributed by atoms with van der Waals surface area (Å²) in [6, 6.07) is 1.51. The number of aryl methyl sites for hydroxylation is 1. The highest BCUT2D eigenvalue weighted by molar-refractivity contribution is 6.28. The molecule has 0 radical (unpaired) electrons. The molecule has 2 rings (SSSR count). The van der Waals surface area contributed by atoms with Gasteiger partial charge in [-0.3, -0.25) is 9.89 Å². The summed E-state index contributed by atoms with van der Waals surface area (Å²) in [4.78, 5) is 19.3. The Morgan fingerprint density at radius 2 is 2.35 bits per heavy atom. The van der Waals surface area contributed by atoms with Gasteiger partial charge in [-0.05, 0) is 24.6 Å². The number of aromatic nitrogens is 4. The molecule has 0 unspecified atom stereocenters. The Morgan fingerprint density at radius 1 is 1.59 bits per heavy atom. The van der Waals surface area contributed by atoms with Crippen LogP contribution in [-0.2, 0) is 0 Å². The number of aromatic amines is 1. The fourth-order valence-corrected chi connectivity index (χ4v) is 1.34. The van der Waals surface area contributed by atoms with E-state index in [1.54, 1.807) is 6.92 Å². The molecular weight excluding hydrogens is 244 g/mol. The molecule has 7 nitrogen and oxygen atoms in total. The van der Waals surface area contributed by atoms with Crippen LogP contribution in [0.25, 0.3) is 0 Å². The van der Waals surface area contributed by atoms with Crippen molar-refractivity contribution in [3.63, 3.8) is 0 Å². The summed E-state index contributed by atoms with van der Waals surface area (Å²) in [5.41, 5.74) is 6.74. The van der Waals surface area contributed by atoms with Gasteiger partial charge in [0.2, 0.25) is 5.28 Å². The van der Waals surface area contributed by atoms with Crippen molar-refractivity contribution in [2.45, 2.75) is 6.92 Å². The van der Waals surface area contributed by atoms with E-state index in [9.17, 15) is 4.79 Å². The van der Waals surface area contributed by atoms with Crippen LogP contribution in [0.3, 0.4) is 0 Å². The molecule has 0 aliphatic carbocycles. The fourth-order valence-electron chi connectivity index (χ4n) is 1.19. The largest absolute Gasteiger partial charge is 0.395 e. The van der Waals surface area contributed by atoms with Crippen molar-refractivity contribution in [1.82, 2.24) is 20.2 Å². The molecule has 0 aromatic carbocycles. The van der Waals surface area contributed by atoms with E-state index in [1.807, 2.05) is 0 Å². The topological polar surface area (TPSA) is 110 Å². The van der Waals surface area contributed by atoms with E-state index in [-0.39, 0.29) is 16.8 Å². The number of rotatable bonds is 2. The molecule has 0 atom stereocenters. The number of hydrogen-bond donors (Lipinski definition) is 3. The summed E-state index contributed by atoms with van der Waals surface area (Å²) in [6.45, 7) is 1.72. The lowest BCUT2D eigenvalue weighted by atomic mass is 10.3. The molecule has 1 amide bonds. The third-order valence-electron chi connectivity index (χ3n) is 2.08. The smallest absolute Gasteiger partial charge is 0.279 e. The minimum Gasteiger partial charge on any atom is -0.395 e. The lowest BCUT2D eigenvalue weighted by Crippen LogP contribution is -2.15. The van der Waals surface area contributed by atoms with Crippen molar-refractivity contribution < 1.29 is 4.79 Å². The van der Waals surface area contributed by atoms with Crippen LogP contribution in [0.4, 0.5) is 11.5 Å². The number of nitrogens with one attached hydrogen (secondary N) is 2. The Bertz CT molecular complexity index is 566. The second-order valence-corrected chi connectivity index (χ2v) is 3.61. The number of nitrogens with zero attached hydrogens (tertiary/aromatic N) is 3. The monoisotopic (exact) mass is 252 g/mol.